The lowest BCUT2D eigenvalue weighted by Crippen LogP contribution is -2.34. The van der Waals surface area contributed by atoms with Crippen molar-refractivity contribution in [3.8, 4) is 5.69 Å². The van der Waals surface area contributed by atoms with Crippen LogP contribution in [-0.2, 0) is 0 Å². The van der Waals surface area contributed by atoms with Crippen LogP contribution in [0.5, 0.6) is 0 Å². The van der Waals surface area contributed by atoms with E-state index in [0.29, 0.717) is 11.6 Å². The third-order valence-corrected chi connectivity index (χ3v) is 4.90. The molecular weight excluding hydrogens is 312 g/mol. The van der Waals surface area contributed by atoms with Gasteiger partial charge in [-0.3, -0.25) is 9.36 Å². The van der Waals surface area contributed by atoms with Gasteiger partial charge in [-0.15, -0.1) is 0 Å². The minimum absolute atomic E-state index is 0.0204. The number of nitrogens with zero attached hydrogens (tertiary/aromatic N) is 3. The van der Waals surface area contributed by atoms with Crippen LogP contribution in [0.25, 0.3) is 16.9 Å². The van der Waals surface area contributed by atoms with Crippen LogP contribution in [0, 0.1) is 0 Å². The van der Waals surface area contributed by atoms with Crippen LogP contribution in [-0.4, -0.2) is 26.5 Å². The number of carbonyl (C=O) groups excluding carboxylic acids is 1. The number of pyridine rings is 1. The summed E-state index contributed by atoms with van der Waals surface area (Å²) < 4.78 is 1.93. The highest BCUT2D eigenvalue weighted by atomic mass is 16.1. The van der Waals surface area contributed by atoms with Crippen LogP contribution in [0.4, 0.5) is 0 Å². The fraction of sp³-hybridized carbons (Fsp3) is 0.350. The zero-order valence-electron chi connectivity index (χ0n) is 14.2. The van der Waals surface area contributed by atoms with Crippen molar-refractivity contribution < 1.29 is 4.79 Å². The molecule has 0 radical (unpaired) electrons. The van der Waals surface area contributed by atoms with Crippen LogP contribution in [0.15, 0.2) is 48.9 Å². The summed E-state index contributed by atoms with van der Waals surface area (Å²) >= 11 is 0. The van der Waals surface area contributed by atoms with E-state index >= 15 is 0 Å². The molecule has 5 heteroatoms. The van der Waals surface area contributed by atoms with Crippen molar-refractivity contribution in [1.29, 1.82) is 0 Å². The summed E-state index contributed by atoms with van der Waals surface area (Å²) in [4.78, 5) is 21.2. The Labute approximate surface area is 147 Å². The minimum Gasteiger partial charge on any atom is -0.349 e. The highest BCUT2D eigenvalue weighted by Gasteiger charge is 2.16. The van der Waals surface area contributed by atoms with Gasteiger partial charge in [0.25, 0.3) is 5.91 Å². The highest BCUT2D eigenvalue weighted by molar-refractivity contribution is 5.94. The normalized spacial score (nSPS) is 15.8. The van der Waals surface area contributed by atoms with E-state index in [0.717, 1.165) is 29.7 Å². The summed E-state index contributed by atoms with van der Waals surface area (Å²) in [5, 5.41) is 3.19. The number of carbonyl (C=O) groups is 1. The van der Waals surface area contributed by atoms with Gasteiger partial charge >= 0.3 is 0 Å². The Morgan fingerprint density at radius 2 is 1.76 bits per heavy atom. The van der Waals surface area contributed by atoms with Crippen molar-refractivity contribution >= 4 is 17.1 Å². The van der Waals surface area contributed by atoms with E-state index in [4.69, 9.17) is 0 Å². The first kappa shape index (κ1) is 15.8. The number of benzene rings is 1. The van der Waals surface area contributed by atoms with Gasteiger partial charge in [0.05, 0.1) is 0 Å². The molecule has 0 bridgehead atoms. The Kier molecular flexibility index (Phi) is 4.46. The van der Waals surface area contributed by atoms with Gasteiger partial charge < -0.3 is 5.32 Å². The first-order chi connectivity index (χ1) is 12.3. The predicted octanol–water partition coefficient (Wildman–Crippen LogP) is 3.87. The topological polar surface area (TPSA) is 59.8 Å². The van der Waals surface area contributed by atoms with Gasteiger partial charge in [0, 0.05) is 23.5 Å². The Balaban J connectivity index is 1.50. The van der Waals surface area contributed by atoms with Crippen molar-refractivity contribution in [3.63, 3.8) is 0 Å². The average Bonchev–Trinajstić information content (AvgIpc) is 2.92. The fourth-order valence-electron chi connectivity index (χ4n) is 3.50. The third kappa shape index (κ3) is 3.40. The number of hydrogen-bond acceptors (Lipinski definition) is 3. The van der Waals surface area contributed by atoms with Gasteiger partial charge in [0.1, 0.15) is 11.8 Å². The monoisotopic (exact) mass is 334 g/mol. The molecule has 0 saturated heterocycles. The average molecular weight is 334 g/mol. The van der Waals surface area contributed by atoms with Crippen LogP contribution in [0.3, 0.4) is 0 Å². The predicted molar refractivity (Wildman–Crippen MR) is 97.8 cm³/mol. The second kappa shape index (κ2) is 7.05. The number of fused-ring (bicyclic) bond motifs is 1. The molecule has 0 spiro atoms. The molecule has 0 aliphatic heterocycles. The summed E-state index contributed by atoms with van der Waals surface area (Å²) in [7, 11) is 0. The maximum Gasteiger partial charge on any atom is 0.251 e. The number of rotatable bonds is 3. The minimum atomic E-state index is 0.0204. The summed E-state index contributed by atoms with van der Waals surface area (Å²) in [6.07, 6.45) is 10.7. The fourth-order valence-corrected chi connectivity index (χ4v) is 3.50. The lowest BCUT2D eigenvalue weighted by molar-refractivity contribution is 0.0933. The van der Waals surface area contributed by atoms with Crippen molar-refractivity contribution in [2.45, 2.75) is 44.6 Å². The van der Waals surface area contributed by atoms with Crippen molar-refractivity contribution in [2.75, 3.05) is 0 Å². The molecule has 1 amide bonds. The summed E-state index contributed by atoms with van der Waals surface area (Å²) in [6, 6.07) is 11.8. The Morgan fingerprint density at radius 1 is 1.00 bits per heavy atom. The van der Waals surface area contributed by atoms with E-state index in [9.17, 15) is 4.79 Å². The number of imidazole rings is 1. The molecule has 0 atom stereocenters. The molecule has 3 aromatic rings. The maximum atomic E-state index is 12.5. The Morgan fingerprint density at radius 3 is 2.52 bits per heavy atom. The molecule has 1 aliphatic rings. The molecule has 1 aliphatic carbocycles. The van der Waals surface area contributed by atoms with Gasteiger partial charge in [-0.2, -0.15) is 0 Å². The third-order valence-electron chi connectivity index (χ3n) is 4.90. The van der Waals surface area contributed by atoms with Crippen molar-refractivity contribution in [3.05, 3.63) is 54.5 Å². The molecule has 5 nitrogen and oxygen atoms in total. The van der Waals surface area contributed by atoms with E-state index in [-0.39, 0.29) is 5.91 Å². The van der Waals surface area contributed by atoms with Gasteiger partial charge in [-0.25, -0.2) is 9.97 Å². The van der Waals surface area contributed by atoms with Crippen LogP contribution >= 0.6 is 0 Å². The lowest BCUT2D eigenvalue weighted by atomic mass is 10.1. The molecular formula is C20H22N4O. The van der Waals surface area contributed by atoms with Crippen molar-refractivity contribution in [2.24, 2.45) is 0 Å². The van der Waals surface area contributed by atoms with Gasteiger partial charge in [-0.05, 0) is 49.2 Å². The molecule has 2 aromatic heterocycles. The van der Waals surface area contributed by atoms with Gasteiger partial charge in [0.2, 0.25) is 0 Å². The van der Waals surface area contributed by atoms with Gasteiger partial charge in [-0.1, -0.05) is 25.7 Å². The second-order valence-corrected chi connectivity index (χ2v) is 6.67. The molecule has 4 rings (SSSR count). The summed E-state index contributed by atoms with van der Waals surface area (Å²) in [6.45, 7) is 0. The lowest BCUT2D eigenvalue weighted by Gasteiger charge is -2.16. The van der Waals surface area contributed by atoms with Crippen LogP contribution < -0.4 is 5.32 Å². The van der Waals surface area contributed by atoms with Crippen LogP contribution in [0.2, 0.25) is 0 Å². The molecule has 1 aromatic carbocycles. The molecule has 1 fully saturated rings. The van der Waals surface area contributed by atoms with Crippen molar-refractivity contribution in [1.82, 2.24) is 19.9 Å². The Bertz CT molecular complexity index is 861. The number of hydrogen-bond donors (Lipinski definition) is 1. The number of aromatic nitrogens is 3. The first-order valence-electron chi connectivity index (χ1n) is 9.01. The Hall–Kier alpha value is -2.69. The standard InChI is InChI=1S/C20H22N4O/c25-20(23-16-6-3-1-2-4-7-16)15-9-11-17(12-10-15)24-14-22-18-8-5-13-21-19(18)24/h5,8-14,16H,1-4,6-7H2,(H,23,25). The molecule has 1 N–H and O–H groups in total. The van der Waals surface area contributed by atoms with E-state index in [1.165, 1.54) is 25.7 Å². The first-order valence-corrected chi connectivity index (χ1v) is 9.01. The molecule has 0 unspecified atom stereocenters. The molecule has 2 heterocycles. The smallest absolute Gasteiger partial charge is 0.251 e. The maximum absolute atomic E-state index is 12.5. The second-order valence-electron chi connectivity index (χ2n) is 6.67. The SMILES string of the molecule is O=C(NC1CCCCCC1)c1ccc(-n2cnc3cccnc32)cc1. The largest absolute Gasteiger partial charge is 0.349 e. The molecule has 1 saturated carbocycles. The number of nitrogens with one attached hydrogen (secondary N) is 1. The van der Waals surface area contributed by atoms with E-state index in [1.807, 2.05) is 41.0 Å². The zero-order chi connectivity index (χ0) is 17.1. The highest BCUT2D eigenvalue weighted by Crippen LogP contribution is 2.19. The summed E-state index contributed by atoms with van der Waals surface area (Å²) in [5.41, 5.74) is 3.33. The number of amides is 1. The van der Waals surface area contributed by atoms with E-state index in [2.05, 4.69) is 15.3 Å². The van der Waals surface area contributed by atoms with Crippen LogP contribution in [0.1, 0.15) is 48.9 Å². The van der Waals surface area contributed by atoms with E-state index in [1.54, 1.807) is 12.5 Å². The molecule has 128 valence electrons. The quantitative estimate of drug-likeness (QED) is 0.740. The molecule has 25 heavy (non-hydrogen) atoms. The van der Waals surface area contributed by atoms with Gasteiger partial charge in [0.15, 0.2) is 5.65 Å². The zero-order valence-corrected chi connectivity index (χ0v) is 14.2. The summed E-state index contributed by atoms with van der Waals surface area (Å²) in [5.74, 6) is 0.0204. The van der Waals surface area contributed by atoms with E-state index < -0.39 is 0 Å².